The summed E-state index contributed by atoms with van der Waals surface area (Å²) in [7, 11) is 0. The second-order valence-corrected chi connectivity index (χ2v) is 4.30. The molecule has 0 bridgehead atoms. The fourth-order valence-electron chi connectivity index (χ4n) is 2.08. The van der Waals surface area contributed by atoms with Gasteiger partial charge in [-0.25, -0.2) is 9.67 Å². The van der Waals surface area contributed by atoms with E-state index in [4.69, 9.17) is 5.73 Å². The van der Waals surface area contributed by atoms with Gasteiger partial charge in [0, 0.05) is 17.8 Å². The van der Waals surface area contributed by atoms with Gasteiger partial charge < -0.3 is 10.8 Å². The molecule has 2 heterocycles. The molecule has 5 nitrogen and oxygen atoms in total. The zero-order valence-corrected chi connectivity index (χ0v) is 9.37. The predicted octanol–water partition coefficient (Wildman–Crippen LogP) is 1.35. The Kier molecular flexibility index (Phi) is 2.33. The van der Waals surface area contributed by atoms with Crippen molar-refractivity contribution in [3.63, 3.8) is 0 Å². The lowest BCUT2D eigenvalue weighted by atomic mass is 10.1. The van der Waals surface area contributed by atoms with E-state index in [0.29, 0.717) is 11.6 Å². The Morgan fingerprint density at radius 2 is 2.06 bits per heavy atom. The van der Waals surface area contributed by atoms with E-state index >= 15 is 0 Å². The minimum absolute atomic E-state index is 0.487. The van der Waals surface area contributed by atoms with Gasteiger partial charge in [0.25, 0.3) is 0 Å². The predicted molar refractivity (Wildman–Crippen MR) is 64.1 cm³/mol. The van der Waals surface area contributed by atoms with Crippen LogP contribution in [0, 0.1) is 0 Å². The molecule has 0 amide bonds. The number of nitrogens with two attached hydrogens (primary N) is 1. The van der Waals surface area contributed by atoms with Crippen LogP contribution < -0.4 is 5.73 Å². The smallest absolute Gasteiger partial charge is 0.181 e. The van der Waals surface area contributed by atoms with Crippen LogP contribution >= 0.6 is 0 Å². The fraction of sp³-hybridized carbons (Fsp3) is 0.333. The summed E-state index contributed by atoms with van der Waals surface area (Å²) in [6, 6.07) is 7.43. The molecule has 1 aromatic heterocycles. The highest BCUT2D eigenvalue weighted by Gasteiger charge is 2.22. The normalized spacial score (nSPS) is 19.0. The minimum atomic E-state index is -0.487. The fourth-order valence-corrected chi connectivity index (χ4v) is 2.08. The van der Waals surface area contributed by atoms with Crippen molar-refractivity contribution in [2.45, 2.75) is 25.5 Å². The van der Waals surface area contributed by atoms with Crippen molar-refractivity contribution in [1.29, 1.82) is 0 Å². The number of hydrogen-bond donors (Lipinski definition) is 2. The summed E-state index contributed by atoms with van der Waals surface area (Å²) in [4.78, 5) is 4.39. The number of anilines is 1. The first-order chi connectivity index (χ1) is 8.24. The van der Waals surface area contributed by atoms with Crippen LogP contribution in [0.25, 0.3) is 11.4 Å². The summed E-state index contributed by atoms with van der Waals surface area (Å²) in [5, 5.41) is 14.2. The summed E-state index contributed by atoms with van der Waals surface area (Å²) >= 11 is 0. The summed E-state index contributed by atoms with van der Waals surface area (Å²) in [6.07, 6.45) is 1.22. The maximum Gasteiger partial charge on any atom is 0.181 e. The Balaban J connectivity index is 2.02. The highest BCUT2D eigenvalue weighted by Crippen LogP contribution is 2.25. The van der Waals surface area contributed by atoms with Gasteiger partial charge >= 0.3 is 0 Å². The van der Waals surface area contributed by atoms with Gasteiger partial charge in [0.1, 0.15) is 6.10 Å². The van der Waals surface area contributed by atoms with E-state index in [1.54, 1.807) is 4.68 Å². The van der Waals surface area contributed by atoms with E-state index < -0.39 is 6.10 Å². The average molecular weight is 230 g/mol. The number of nitrogens with zero attached hydrogens (tertiary/aromatic N) is 3. The molecular weight excluding hydrogens is 216 g/mol. The molecule has 0 aliphatic carbocycles. The van der Waals surface area contributed by atoms with Gasteiger partial charge in [0.2, 0.25) is 0 Å². The largest absolute Gasteiger partial charge is 0.399 e. The second-order valence-electron chi connectivity index (χ2n) is 4.30. The third kappa shape index (κ3) is 1.78. The van der Waals surface area contributed by atoms with E-state index in [1.165, 1.54) is 0 Å². The van der Waals surface area contributed by atoms with Crippen LogP contribution in [0.3, 0.4) is 0 Å². The first-order valence-corrected chi connectivity index (χ1v) is 5.73. The molecule has 0 spiro atoms. The monoisotopic (exact) mass is 230 g/mol. The number of hydrogen-bond acceptors (Lipinski definition) is 4. The van der Waals surface area contributed by atoms with Crippen LogP contribution in [-0.4, -0.2) is 19.9 Å². The van der Waals surface area contributed by atoms with Crippen molar-refractivity contribution in [2.75, 3.05) is 5.73 Å². The van der Waals surface area contributed by atoms with Gasteiger partial charge in [0.05, 0.1) is 0 Å². The lowest BCUT2D eigenvalue weighted by Crippen LogP contribution is -2.16. The van der Waals surface area contributed by atoms with Crippen LogP contribution in [0.2, 0.25) is 0 Å². The minimum Gasteiger partial charge on any atom is -0.399 e. The highest BCUT2D eigenvalue weighted by molar-refractivity contribution is 5.58. The lowest BCUT2D eigenvalue weighted by molar-refractivity contribution is 0.130. The van der Waals surface area contributed by atoms with Crippen molar-refractivity contribution >= 4 is 5.69 Å². The summed E-state index contributed by atoms with van der Waals surface area (Å²) in [6.45, 7) is 0.828. The Labute approximate surface area is 98.9 Å². The molecule has 3 N–H and O–H groups in total. The third-order valence-corrected chi connectivity index (χ3v) is 3.01. The molecule has 0 saturated heterocycles. The molecule has 1 aliphatic heterocycles. The highest BCUT2D eigenvalue weighted by atomic mass is 16.3. The van der Waals surface area contributed by atoms with E-state index in [0.717, 1.165) is 30.6 Å². The number of aryl methyl sites for hydroxylation is 1. The van der Waals surface area contributed by atoms with Crippen LogP contribution in [0.15, 0.2) is 24.3 Å². The Hall–Kier alpha value is -1.88. The first kappa shape index (κ1) is 10.3. The molecule has 0 radical (unpaired) electrons. The Bertz CT molecular complexity index is 532. The van der Waals surface area contributed by atoms with Crippen molar-refractivity contribution in [3.05, 3.63) is 30.1 Å². The number of aliphatic hydroxyl groups excluding tert-OH is 1. The lowest BCUT2D eigenvalue weighted by Gasteiger charge is -2.16. The maximum atomic E-state index is 9.82. The molecule has 88 valence electrons. The van der Waals surface area contributed by atoms with Crippen LogP contribution in [-0.2, 0) is 6.54 Å². The Morgan fingerprint density at radius 1 is 1.29 bits per heavy atom. The average Bonchev–Trinajstić information content (AvgIpc) is 2.75. The molecule has 17 heavy (non-hydrogen) atoms. The summed E-state index contributed by atoms with van der Waals surface area (Å²) in [5.41, 5.74) is 7.28. The van der Waals surface area contributed by atoms with E-state index in [-0.39, 0.29) is 0 Å². The second kappa shape index (κ2) is 3.85. The maximum absolute atomic E-state index is 9.82. The van der Waals surface area contributed by atoms with Gasteiger partial charge in [-0.1, -0.05) is 0 Å². The van der Waals surface area contributed by atoms with Gasteiger partial charge in [-0.15, -0.1) is 0 Å². The SMILES string of the molecule is Nc1ccc(-c2nc3n(n2)CCCC3O)cc1. The molecule has 2 aromatic rings. The van der Waals surface area contributed by atoms with Gasteiger partial charge in [-0.2, -0.15) is 5.10 Å². The standard InChI is InChI=1S/C12H14N4O/c13-9-5-3-8(4-6-9)11-14-12-10(17)2-1-7-16(12)15-11/h3-6,10,17H,1-2,7,13H2. The Morgan fingerprint density at radius 3 is 2.76 bits per heavy atom. The number of aliphatic hydroxyl groups is 1. The number of benzene rings is 1. The van der Waals surface area contributed by atoms with Gasteiger partial charge in [-0.3, -0.25) is 0 Å². The molecule has 1 atom stereocenters. The third-order valence-electron chi connectivity index (χ3n) is 3.01. The molecular formula is C12H14N4O. The van der Waals surface area contributed by atoms with E-state index in [9.17, 15) is 5.11 Å². The van der Waals surface area contributed by atoms with Crippen molar-refractivity contribution < 1.29 is 5.11 Å². The number of nitrogen functional groups attached to an aromatic ring is 1. The van der Waals surface area contributed by atoms with Crippen molar-refractivity contribution in [1.82, 2.24) is 14.8 Å². The van der Waals surface area contributed by atoms with E-state index in [2.05, 4.69) is 10.1 Å². The molecule has 0 saturated carbocycles. The van der Waals surface area contributed by atoms with Crippen LogP contribution in [0.1, 0.15) is 24.8 Å². The molecule has 0 fully saturated rings. The summed E-state index contributed by atoms with van der Waals surface area (Å²) < 4.78 is 1.79. The van der Waals surface area contributed by atoms with Gasteiger partial charge in [0.15, 0.2) is 11.6 Å². The van der Waals surface area contributed by atoms with Crippen molar-refractivity contribution in [3.8, 4) is 11.4 Å². The van der Waals surface area contributed by atoms with Gasteiger partial charge in [-0.05, 0) is 37.1 Å². The molecule has 1 aliphatic rings. The zero-order chi connectivity index (χ0) is 11.8. The molecule has 3 rings (SSSR count). The van der Waals surface area contributed by atoms with E-state index in [1.807, 2.05) is 24.3 Å². The summed E-state index contributed by atoms with van der Waals surface area (Å²) in [5.74, 6) is 1.32. The topological polar surface area (TPSA) is 77.0 Å². The first-order valence-electron chi connectivity index (χ1n) is 5.73. The number of fused-ring (bicyclic) bond motifs is 1. The number of aromatic nitrogens is 3. The number of rotatable bonds is 1. The quantitative estimate of drug-likeness (QED) is 0.725. The molecule has 5 heteroatoms. The van der Waals surface area contributed by atoms with Crippen molar-refractivity contribution in [2.24, 2.45) is 0 Å². The van der Waals surface area contributed by atoms with Crippen LogP contribution in [0.4, 0.5) is 5.69 Å². The molecule has 1 aromatic carbocycles. The van der Waals surface area contributed by atoms with Crippen LogP contribution in [0.5, 0.6) is 0 Å². The molecule has 1 unspecified atom stereocenters. The zero-order valence-electron chi connectivity index (χ0n) is 9.37.